The van der Waals surface area contributed by atoms with E-state index in [0.717, 1.165) is 73.1 Å². The Morgan fingerprint density at radius 1 is 0.545 bits per heavy atom. The molecule has 0 aliphatic carbocycles. The molecule has 0 N–H and O–H groups in total. The van der Waals surface area contributed by atoms with Crippen LogP contribution in [0.4, 0.5) is 0 Å². The standard InChI is InChI=1S/2C10H20O2.2C4H9.Sn/c2*1-4-5-6-7-8-10(2,3)9(11)12;2*1-3-4-2;/h2*4-8H2,1-3H3,(H,11,12);2*1,3-4H2,2H3;/q;;;;+2/p-2. The topological polar surface area (TPSA) is 52.6 Å². The Hall–Kier alpha value is -0.261. The average Bonchev–Trinajstić information content (AvgIpc) is 2.76. The zero-order chi connectivity index (χ0) is 25.4. The fourth-order valence-corrected chi connectivity index (χ4v) is 14.6. The second-order valence-corrected chi connectivity index (χ2v) is 20.5. The molecular formula is C28H56O4Sn. The van der Waals surface area contributed by atoms with Gasteiger partial charge in [-0.3, -0.25) is 0 Å². The molecule has 4 nitrogen and oxygen atoms in total. The van der Waals surface area contributed by atoms with E-state index in [1.807, 2.05) is 27.7 Å². The van der Waals surface area contributed by atoms with Gasteiger partial charge in [0.2, 0.25) is 0 Å². The molecule has 0 amide bonds. The molecule has 0 unspecified atom stereocenters. The van der Waals surface area contributed by atoms with Gasteiger partial charge in [0.15, 0.2) is 0 Å². The predicted molar refractivity (Wildman–Crippen MR) is 142 cm³/mol. The fourth-order valence-electron chi connectivity index (χ4n) is 4.05. The van der Waals surface area contributed by atoms with Gasteiger partial charge in [-0.15, -0.1) is 0 Å². The summed E-state index contributed by atoms with van der Waals surface area (Å²) >= 11 is -3.93. The Bertz CT molecular complexity index is 494. The van der Waals surface area contributed by atoms with Gasteiger partial charge in [0, 0.05) is 0 Å². The van der Waals surface area contributed by atoms with E-state index in [4.69, 9.17) is 6.15 Å². The van der Waals surface area contributed by atoms with Crippen molar-refractivity contribution >= 4 is 31.1 Å². The summed E-state index contributed by atoms with van der Waals surface area (Å²) in [6.07, 6.45) is 14.7. The van der Waals surface area contributed by atoms with Gasteiger partial charge in [-0.25, -0.2) is 0 Å². The molecule has 196 valence electrons. The first kappa shape index (κ1) is 32.7. The van der Waals surface area contributed by atoms with Gasteiger partial charge in [-0.2, -0.15) is 0 Å². The van der Waals surface area contributed by atoms with Crippen molar-refractivity contribution in [3.05, 3.63) is 0 Å². The monoisotopic (exact) mass is 576 g/mol. The molecule has 0 atom stereocenters. The molecule has 0 fully saturated rings. The zero-order valence-corrected chi connectivity index (χ0v) is 26.3. The number of hydrogen-bond acceptors (Lipinski definition) is 4. The summed E-state index contributed by atoms with van der Waals surface area (Å²) in [6, 6.07) is 0. The minimum atomic E-state index is -3.93. The van der Waals surface area contributed by atoms with E-state index in [-0.39, 0.29) is 11.9 Å². The van der Waals surface area contributed by atoms with E-state index in [1.165, 1.54) is 25.7 Å². The summed E-state index contributed by atoms with van der Waals surface area (Å²) in [6.45, 7) is 16.7. The molecular weight excluding hydrogens is 519 g/mol. The van der Waals surface area contributed by atoms with Crippen molar-refractivity contribution in [2.45, 2.75) is 154 Å². The molecule has 0 spiro atoms. The summed E-state index contributed by atoms with van der Waals surface area (Å²) in [5, 5.41) is 0. The Kier molecular flexibility index (Phi) is 17.1. The third kappa shape index (κ3) is 13.4. The molecule has 0 heterocycles. The number of rotatable bonds is 20. The molecule has 0 saturated heterocycles. The van der Waals surface area contributed by atoms with Gasteiger partial charge >= 0.3 is 212 Å². The van der Waals surface area contributed by atoms with Crippen molar-refractivity contribution in [2.75, 3.05) is 0 Å². The van der Waals surface area contributed by atoms with Gasteiger partial charge < -0.3 is 0 Å². The Morgan fingerprint density at radius 2 is 0.879 bits per heavy atom. The van der Waals surface area contributed by atoms with Crippen LogP contribution < -0.4 is 0 Å². The van der Waals surface area contributed by atoms with E-state index >= 15 is 0 Å². The molecule has 0 aromatic rings. The maximum absolute atomic E-state index is 13.4. The van der Waals surface area contributed by atoms with Gasteiger partial charge in [-0.05, 0) is 0 Å². The molecule has 0 rings (SSSR count). The molecule has 33 heavy (non-hydrogen) atoms. The first-order valence-corrected chi connectivity index (χ1v) is 20.3. The van der Waals surface area contributed by atoms with Crippen LogP contribution in [0.1, 0.15) is 145 Å². The van der Waals surface area contributed by atoms with Gasteiger partial charge in [0.05, 0.1) is 0 Å². The fraction of sp³-hybridized carbons (Fsp3) is 0.929. The summed E-state index contributed by atoms with van der Waals surface area (Å²) in [4.78, 5) is 26.8. The Labute approximate surface area is 211 Å². The third-order valence-electron chi connectivity index (χ3n) is 6.80. The van der Waals surface area contributed by atoms with Crippen LogP contribution in [0, 0.1) is 10.8 Å². The Balaban J connectivity index is 5.53. The van der Waals surface area contributed by atoms with E-state index < -0.39 is 30.0 Å². The van der Waals surface area contributed by atoms with Crippen LogP contribution >= 0.6 is 0 Å². The summed E-state index contributed by atoms with van der Waals surface area (Å²) in [7, 11) is 0. The summed E-state index contributed by atoms with van der Waals surface area (Å²) in [5.41, 5.74) is -1.06. The average molecular weight is 575 g/mol. The Morgan fingerprint density at radius 3 is 1.18 bits per heavy atom. The van der Waals surface area contributed by atoms with Crippen molar-refractivity contribution in [3.63, 3.8) is 0 Å². The molecule has 0 radical (unpaired) electrons. The third-order valence-corrected chi connectivity index (χ3v) is 16.3. The van der Waals surface area contributed by atoms with E-state index in [1.54, 1.807) is 0 Å². The van der Waals surface area contributed by atoms with Crippen LogP contribution in [0.3, 0.4) is 0 Å². The van der Waals surface area contributed by atoms with Crippen LogP contribution in [0.15, 0.2) is 0 Å². The SMILES string of the molecule is CCCCCCC(C)(C)C(=O)[O][Sn]([CH2]CCC)([CH2]CCC)[O]C(=O)C(C)(C)CCCCCC. The molecule has 0 bridgehead atoms. The second-order valence-electron chi connectivity index (χ2n) is 11.3. The normalized spacial score (nSPS) is 12.6. The predicted octanol–water partition coefficient (Wildman–Crippen LogP) is 9.11. The minimum absolute atomic E-state index is 0.143. The number of unbranched alkanes of at least 4 members (excludes halogenated alkanes) is 8. The summed E-state index contributed by atoms with van der Waals surface area (Å²) in [5.74, 6) is -0.286. The van der Waals surface area contributed by atoms with Gasteiger partial charge in [-0.1, -0.05) is 0 Å². The van der Waals surface area contributed by atoms with Gasteiger partial charge in [0.25, 0.3) is 0 Å². The van der Waals surface area contributed by atoms with E-state index in [0.29, 0.717) is 0 Å². The van der Waals surface area contributed by atoms with Crippen LogP contribution in [0.5, 0.6) is 0 Å². The first-order valence-electron chi connectivity index (χ1n) is 14.0. The van der Waals surface area contributed by atoms with Crippen LogP contribution in [-0.4, -0.2) is 31.1 Å². The second kappa shape index (κ2) is 17.2. The molecule has 0 aliphatic heterocycles. The summed E-state index contributed by atoms with van der Waals surface area (Å²) < 4.78 is 14.4. The van der Waals surface area contributed by atoms with Crippen molar-refractivity contribution in [3.8, 4) is 0 Å². The molecule has 0 aromatic heterocycles. The van der Waals surface area contributed by atoms with Crippen LogP contribution in [0.2, 0.25) is 8.87 Å². The van der Waals surface area contributed by atoms with E-state index in [9.17, 15) is 9.59 Å². The van der Waals surface area contributed by atoms with Crippen molar-refractivity contribution < 1.29 is 15.7 Å². The van der Waals surface area contributed by atoms with Gasteiger partial charge in [0.1, 0.15) is 0 Å². The quantitative estimate of drug-likeness (QED) is 0.107. The molecule has 0 aromatic carbocycles. The van der Waals surface area contributed by atoms with Crippen molar-refractivity contribution in [1.29, 1.82) is 0 Å². The first-order chi connectivity index (χ1) is 15.5. The van der Waals surface area contributed by atoms with Crippen molar-refractivity contribution in [1.82, 2.24) is 0 Å². The zero-order valence-electron chi connectivity index (χ0n) is 23.4. The van der Waals surface area contributed by atoms with Crippen molar-refractivity contribution in [2.24, 2.45) is 10.8 Å². The molecule has 0 aliphatic rings. The number of carbonyl (C=O) groups is 2. The van der Waals surface area contributed by atoms with E-state index in [2.05, 4.69) is 27.7 Å². The number of hydrogen-bond donors (Lipinski definition) is 0. The molecule has 0 saturated carbocycles. The number of carbonyl (C=O) groups excluding carboxylic acids is 2. The maximum atomic E-state index is 13.4. The molecule has 5 heteroatoms. The van der Waals surface area contributed by atoms with Crippen LogP contribution in [-0.2, 0) is 15.7 Å². The van der Waals surface area contributed by atoms with Crippen LogP contribution in [0.25, 0.3) is 0 Å².